The first-order valence-corrected chi connectivity index (χ1v) is 4.92. The van der Waals surface area contributed by atoms with Gasteiger partial charge in [-0.3, -0.25) is 14.6 Å². The molecule has 1 heterocycles. The Morgan fingerprint density at radius 3 is 2.57 bits per heavy atom. The molecule has 1 saturated heterocycles. The first-order chi connectivity index (χ1) is 6.66. The van der Waals surface area contributed by atoms with E-state index in [0.717, 1.165) is 19.3 Å². The number of carbonyl (C=O) groups is 2. The topological polar surface area (TPSA) is 40.6 Å². The van der Waals surface area contributed by atoms with E-state index in [1.165, 1.54) is 10.0 Å². The molecule has 78 valence electrons. The second kappa shape index (κ2) is 4.79. The lowest BCUT2D eigenvalue weighted by atomic mass is 10.2. The molecule has 0 radical (unpaired) electrons. The van der Waals surface area contributed by atoms with E-state index in [9.17, 15) is 9.59 Å². The third-order valence-electron chi connectivity index (χ3n) is 2.21. The van der Waals surface area contributed by atoms with Crippen LogP contribution in [0.25, 0.3) is 0 Å². The van der Waals surface area contributed by atoms with E-state index in [2.05, 4.69) is 6.92 Å². The van der Waals surface area contributed by atoms with Crippen LogP contribution < -0.4 is 0 Å². The Hall–Kier alpha value is -1.32. The van der Waals surface area contributed by atoms with Crippen molar-refractivity contribution in [2.24, 2.45) is 0 Å². The van der Waals surface area contributed by atoms with Crippen molar-refractivity contribution < 1.29 is 9.59 Å². The summed E-state index contributed by atoms with van der Waals surface area (Å²) in [5.41, 5.74) is 0. The second-order valence-corrected chi connectivity index (χ2v) is 3.36. The van der Waals surface area contributed by atoms with E-state index < -0.39 is 0 Å². The van der Waals surface area contributed by atoms with Crippen LogP contribution in [-0.4, -0.2) is 28.9 Å². The van der Waals surface area contributed by atoms with Crippen LogP contribution in [0.3, 0.4) is 0 Å². The molecule has 1 aliphatic heterocycles. The zero-order chi connectivity index (χ0) is 10.6. The average Bonchev–Trinajstić information content (AvgIpc) is 2.38. The van der Waals surface area contributed by atoms with Gasteiger partial charge in [-0.2, -0.15) is 0 Å². The lowest BCUT2D eigenvalue weighted by molar-refractivity contribution is -0.138. The number of amides is 2. The first-order valence-electron chi connectivity index (χ1n) is 4.92. The van der Waals surface area contributed by atoms with Crippen LogP contribution in [0.5, 0.6) is 0 Å². The van der Waals surface area contributed by atoms with Crippen molar-refractivity contribution >= 4 is 11.8 Å². The molecule has 2 amide bonds. The minimum atomic E-state index is -0.148. The highest BCUT2D eigenvalue weighted by molar-refractivity contribution is 6.02. The van der Waals surface area contributed by atoms with Gasteiger partial charge < -0.3 is 0 Å². The molecular formula is C10H16N2O2. The summed E-state index contributed by atoms with van der Waals surface area (Å²) in [6.45, 7) is 2.12. The number of allylic oxidation sites excluding steroid dienone is 1. The zero-order valence-corrected chi connectivity index (χ0v) is 8.69. The molecule has 0 unspecified atom stereocenters. The second-order valence-electron chi connectivity index (χ2n) is 3.36. The Morgan fingerprint density at radius 1 is 1.36 bits per heavy atom. The van der Waals surface area contributed by atoms with Gasteiger partial charge in [0.2, 0.25) is 0 Å². The summed E-state index contributed by atoms with van der Waals surface area (Å²) in [7, 11) is 1.61. The molecule has 1 aliphatic rings. The van der Waals surface area contributed by atoms with Crippen molar-refractivity contribution in [3.8, 4) is 0 Å². The Morgan fingerprint density at radius 2 is 2.07 bits per heavy atom. The van der Waals surface area contributed by atoms with Crippen molar-refractivity contribution in [1.29, 1.82) is 0 Å². The van der Waals surface area contributed by atoms with Crippen LogP contribution in [0.15, 0.2) is 12.3 Å². The van der Waals surface area contributed by atoms with Crippen LogP contribution in [0.1, 0.15) is 32.6 Å². The fraction of sp³-hybridized carbons (Fsp3) is 0.600. The van der Waals surface area contributed by atoms with Crippen molar-refractivity contribution in [3.05, 3.63) is 12.3 Å². The van der Waals surface area contributed by atoms with E-state index in [1.807, 2.05) is 6.08 Å². The zero-order valence-electron chi connectivity index (χ0n) is 8.69. The Labute approximate surface area is 84.1 Å². The quantitative estimate of drug-likeness (QED) is 0.502. The molecule has 1 rings (SSSR count). The van der Waals surface area contributed by atoms with Gasteiger partial charge in [0.05, 0.1) is 0 Å². The molecule has 0 aromatic carbocycles. The summed E-state index contributed by atoms with van der Waals surface area (Å²) in [5.74, 6) is -0.291. The predicted octanol–water partition coefficient (Wildman–Crippen LogP) is 1.30. The predicted molar refractivity (Wildman–Crippen MR) is 52.9 cm³/mol. The summed E-state index contributed by atoms with van der Waals surface area (Å²) >= 11 is 0. The highest BCUT2D eigenvalue weighted by atomic mass is 16.2. The molecule has 0 aromatic heterocycles. The maximum absolute atomic E-state index is 11.3. The highest BCUT2D eigenvalue weighted by Gasteiger charge is 2.30. The summed E-state index contributed by atoms with van der Waals surface area (Å²) in [4.78, 5) is 22.4. The number of hydrazine groups is 1. The SMILES string of the molecule is CCCC/C=C/N1C(=O)CC(=O)N1C. The van der Waals surface area contributed by atoms with E-state index >= 15 is 0 Å². The summed E-state index contributed by atoms with van der Waals surface area (Å²) in [6.07, 6.45) is 6.79. The molecular weight excluding hydrogens is 180 g/mol. The van der Waals surface area contributed by atoms with Crippen molar-refractivity contribution in [3.63, 3.8) is 0 Å². The normalized spacial score (nSPS) is 17.6. The molecule has 0 N–H and O–H groups in total. The van der Waals surface area contributed by atoms with Gasteiger partial charge in [0.25, 0.3) is 11.8 Å². The van der Waals surface area contributed by atoms with E-state index in [0.29, 0.717) is 0 Å². The van der Waals surface area contributed by atoms with E-state index in [4.69, 9.17) is 0 Å². The van der Waals surface area contributed by atoms with Crippen LogP contribution >= 0.6 is 0 Å². The molecule has 0 aromatic rings. The summed E-state index contributed by atoms with van der Waals surface area (Å²) < 4.78 is 0. The first kappa shape index (κ1) is 10.8. The van der Waals surface area contributed by atoms with Crippen LogP contribution in [0, 0.1) is 0 Å². The molecule has 0 saturated carbocycles. The molecule has 0 atom stereocenters. The number of hydrogen-bond acceptors (Lipinski definition) is 2. The number of nitrogens with zero attached hydrogens (tertiary/aromatic N) is 2. The molecule has 4 nitrogen and oxygen atoms in total. The van der Waals surface area contributed by atoms with Crippen molar-refractivity contribution in [2.75, 3.05) is 7.05 Å². The molecule has 4 heteroatoms. The maximum Gasteiger partial charge on any atom is 0.254 e. The Bertz CT molecular complexity index is 261. The Kier molecular flexibility index (Phi) is 3.68. The minimum Gasteiger partial charge on any atom is -0.272 e. The fourth-order valence-electron chi connectivity index (χ4n) is 1.29. The maximum atomic E-state index is 11.3. The summed E-state index contributed by atoms with van der Waals surface area (Å²) in [5, 5.41) is 2.72. The van der Waals surface area contributed by atoms with Gasteiger partial charge in [0.1, 0.15) is 6.42 Å². The standard InChI is InChI=1S/C10H16N2O2/c1-3-4-5-6-7-12-10(14)8-9(13)11(12)2/h6-7H,3-5,8H2,1-2H3/b7-6+. The smallest absolute Gasteiger partial charge is 0.254 e. The van der Waals surface area contributed by atoms with Crippen LogP contribution in [0.2, 0.25) is 0 Å². The van der Waals surface area contributed by atoms with Gasteiger partial charge in [0.15, 0.2) is 0 Å². The van der Waals surface area contributed by atoms with E-state index in [-0.39, 0.29) is 18.2 Å². The molecule has 1 fully saturated rings. The fourth-order valence-corrected chi connectivity index (χ4v) is 1.29. The number of rotatable bonds is 4. The van der Waals surface area contributed by atoms with Crippen molar-refractivity contribution in [1.82, 2.24) is 10.0 Å². The monoisotopic (exact) mass is 196 g/mol. The van der Waals surface area contributed by atoms with E-state index in [1.54, 1.807) is 13.2 Å². The third kappa shape index (κ3) is 2.34. The number of carbonyl (C=O) groups excluding carboxylic acids is 2. The number of hydrogen-bond donors (Lipinski definition) is 0. The molecule has 0 aliphatic carbocycles. The largest absolute Gasteiger partial charge is 0.272 e. The Balaban J connectivity index is 2.47. The van der Waals surface area contributed by atoms with Crippen LogP contribution in [-0.2, 0) is 9.59 Å². The minimum absolute atomic E-state index is 0.00534. The lowest BCUT2D eigenvalue weighted by Crippen LogP contribution is -2.33. The molecule has 0 bridgehead atoms. The van der Waals surface area contributed by atoms with Gasteiger partial charge in [0, 0.05) is 13.2 Å². The summed E-state index contributed by atoms with van der Waals surface area (Å²) in [6, 6.07) is 0. The van der Waals surface area contributed by atoms with Gasteiger partial charge in [-0.25, -0.2) is 5.01 Å². The highest BCUT2D eigenvalue weighted by Crippen LogP contribution is 2.12. The van der Waals surface area contributed by atoms with Gasteiger partial charge >= 0.3 is 0 Å². The number of unbranched alkanes of at least 4 members (excludes halogenated alkanes) is 2. The molecule has 14 heavy (non-hydrogen) atoms. The molecule has 0 spiro atoms. The van der Waals surface area contributed by atoms with Crippen LogP contribution in [0.4, 0.5) is 0 Å². The van der Waals surface area contributed by atoms with Gasteiger partial charge in [-0.05, 0) is 6.42 Å². The lowest BCUT2D eigenvalue weighted by Gasteiger charge is -2.19. The van der Waals surface area contributed by atoms with Gasteiger partial charge in [-0.1, -0.05) is 25.8 Å². The average molecular weight is 196 g/mol. The van der Waals surface area contributed by atoms with Crippen molar-refractivity contribution in [2.45, 2.75) is 32.6 Å². The third-order valence-corrected chi connectivity index (χ3v) is 2.21. The van der Waals surface area contributed by atoms with Gasteiger partial charge in [-0.15, -0.1) is 0 Å².